The fourth-order valence-electron chi connectivity index (χ4n) is 3.72. The van der Waals surface area contributed by atoms with Crippen LogP contribution in [0.3, 0.4) is 0 Å². The Balaban J connectivity index is 2.01. The number of phenols is 2. The summed E-state index contributed by atoms with van der Waals surface area (Å²) in [6.07, 6.45) is 1.76. The topological polar surface area (TPSA) is 93.5 Å². The SMILES string of the molecule is COc1cc2c(cc1O)oc(=O)c1c2cc2c3cc(OC)c(O)cc3ccn21. The van der Waals surface area contributed by atoms with Gasteiger partial charge >= 0.3 is 5.63 Å². The van der Waals surface area contributed by atoms with E-state index in [9.17, 15) is 15.0 Å². The number of rotatable bonds is 2. The molecule has 0 aliphatic heterocycles. The van der Waals surface area contributed by atoms with Crippen LogP contribution in [0.5, 0.6) is 23.0 Å². The predicted molar refractivity (Wildman–Crippen MR) is 105 cm³/mol. The van der Waals surface area contributed by atoms with Crippen LogP contribution in [0.1, 0.15) is 0 Å². The Morgan fingerprint density at radius 2 is 1.57 bits per heavy atom. The molecule has 3 aromatic heterocycles. The number of nitrogens with zero attached hydrogens (tertiary/aromatic N) is 1. The Kier molecular flexibility index (Phi) is 3.24. The third-order valence-corrected chi connectivity index (χ3v) is 5.03. The quantitative estimate of drug-likeness (QED) is 0.455. The minimum atomic E-state index is -0.517. The lowest BCUT2D eigenvalue weighted by atomic mass is 10.1. The first-order valence-electron chi connectivity index (χ1n) is 8.50. The van der Waals surface area contributed by atoms with E-state index in [4.69, 9.17) is 13.9 Å². The highest BCUT2D eigenvalue weighted by Crippen LogP contribution is 2.38. The Morgan fingerprint density at radius 1 is 0.893 bits per heavy atom. The van der Waals surface area contributed by atoms with Crippen molar-refractivity contribution in [1.29, 1.82) is 0 Å². The third kappa shape index (κ3) is 2.07. The van der Waals surface area contributed by atoms with E-state index in [0.717, 1.165) is 16.3 Å². The maximum Gasteiger partial charge on any atom is 0.361 e. The number of aromatic nitrogens is 1. The van der Waals surface area contributed by atoms with Crippen LogP contribution < -0.4 is 15.1 Å². The number of pyridine rings is 1. The van der Waals surface area contributed by atoms with Gasteiger partial charge in [0, 0.05) is 28.4 Å². The highest BCUT2D eigenvalue weighted by atomic mass is 16.5. The second-order valence-electron chi connectivity index (χ2n) is 6.50. The van der Waals surface area contributed by atoms with E-state index in [1.54, 1.807) is 28.8 Å². The Labute approximate surface area is 157 Å². The molecule has 0 unspecified atom stereocenters. The maximum atomic E-state index is 12.7. The standard InChI is InChI=1S/C21H15NO6/c1-26-18-7-11-10(5-15(18)23)3-4-22-14(11)6-13-12-8-19(27-2)16(24)9-17(12)28-21(25)20(13)22/h3-9,23-24H,1-2H3. The highest BCUT2D eigenvalue weighted by Gasteiger charge is 2.17. The van der Waals surface area contributed by atoms with Crippen LogP contribution in [0.15, 0.2) is 51.8 Å². The van der Waals surface area contributed by atoms with Gasteiger partial charge in [0.2, 0.25) is 0 Å². The molecule has 0 fully saturated rings. The summed E-state index contributed by atoms with van der Waals surface area (Å²) in [5.41, 5.74) is 0.894. The lowest BCUT2D eigenvalue weighted by Crippen LogP contribution is -2.02. The van der Waals surface area contributed by atoms with Crippen LogP contribution in [0.25, 0.3) is 38.2 Å². The molecule has 0 atom stereocenters. The normalized spacial score (nSPS) is 11.6. The molecule has 0 radical (unpaired) electrons. The summed E-state index contributed by atoms with van der Waals surface area (Å²) in [6.45, 7) is 0. The van der Waals surface area contributed by atoms with Crippen LogP contribution >= 0.6 is 0 Å². The fourth-order valence-corrected chi connectivity index (χ4v) is 3.72. The van der Waals surface area contributed by atoms with Gasteiger partial charge in [-0.1, -0.05) is 0 Å². The number of hydrogen-bond donors (Lipinski definition) is 2. The van der Waals surface area contributed by atoms with Gasteiger partial charge in [-0.2, -0.15) is 0 Å². The summed E-state index contributed by atoms with van der Waals surface area (Å²) in [5.74, 6) is 0.566. The minimum absolute atomic E-state index is 0.0423. The largest absolute Gasteiger partial charge is 0.504 e. The number of aromatic hydroxyl groups is 2. The fraction of sp³-hybridized carbons (Fsp3) is 0.0952. The second-order valence-corrected chi connectivity index (χ2v) is 6.50. The molecule has 2 aromatic carbocycles. The first-order valence-corrected chi connectivity index (χ1v) is 8.50. The number of benzene rings is 2. The van der Waals surface area contributed by atoms with Crippen molar-refractivity contribution >= 4 is 38.2 Å². The number of fused-ring (bicyclic) bond motifs is 7. The highest BCUT2D eigenvalue weighted by molar-refractivity contribution is 6.11. The molecule has 5 rings (SSSR count). The van der Waals surface area contributed by atoms with E-state index in [-0.39, 0.29) is 22.8 Å². The van der Waals surface area contributed by atoms with Gasteiger partial charge in [-0.25, -0.2) is 4.79 Å². The molecule has 0 bridgehead atoms. The zero-order chi connectivity index (χ0) is 19.6. The zero-order valence-electron chi connectivity index (χ0n) is 15.0. The Bertz CT molecular complexity index is 1480. The molecule has 0 spiro atoms. The summed E-state index contributed by atoms with van der Waals surface area (Å²) >= 11 is 0. The van der Waals surface area contributed by atoms with Crippen LogP contribution in [0.2, 0.25) is 0 Å². The average Bonchev–Trinajstić information content (AvgIpc) is 3.07. The molecule has 0 aliphatic rings. The van der Waals surface area contributed by atoms with E-state index < -0.39 is 5.63 Å². The summed E-state index contributed by atoms with van der Waals surface area (Å²) < 4.78 is 17.6. The minimum Gasteiger partial charge on any atom is -0.504 e. The van der Waals surface area contributed by atoms with Gasteiger partial charge in [-0.05, 0) is 35.7 Å². The molecule has 3 heterocycles. The molecular formula is C21H15NO6. The van der Waals surface area contributed by atoms with E-state index in [0.29, 0.717) is 22.0 Å². The molecule has 2 N–H and O–H groups in total. The van der Waals surface area contributed by atoms with Crippen molar-refractivity contribution in [3.63, 3.8) is 0 Å². The van der Waals surface area contributed by atoms with Crippen molar-refractivity contribution in [2.24, 2.45) is 0 Å². The number of ether oxygens (including phenoxy) is 2. The smallest absolute Gasteiger partial charge is 0.361 e. The van der Waals surface area contributed by atoms with Crippen LogP contribution in [0.4, 0.5) is 0 Å². The van der Waals surface area contributed by atoms with Gasteiger partial charge in [0.05, 0.1) is 19.7 Å². The molecule has 7 nitrogen and oxygen atoms in total. The maximum absolute atomic E-state index is 12.7. The van der Waals surface area contributed by atoms with Gasteiger partial charge in [0.1, 0.15) is 11.1 Å². The van der Waals surface area contributed by atoms with Crippen molar-refractivity contribution in [3.8, 4) is 23.0 Å². The Hall–Kier alpha value is -3.87. The van der Waals surface area contributed by atoms with Gasteiger partial charge in [0.15, 0.2) is 23.0 Å². The molecule has 28 heavy (non-hydrogen) atoms. The van der Waals surface area contributed by atoms with Crippen molar-refractivity contribution in [3.05, 3.63) is 53.0 Å². The van der Waals surface area contributed by atoms with Crippen molar-refractivity contribution < 1.29 is 24.1 Å². The van der Waals surface area contributed by atoms with E-state index >= 15 is 0 Å². The van der Waals surface area contributed by atoms with E-state index in [1.165, 1.54) is 20.3 Å². The van der Waals surface area contributed by atoms with Gasteiger partial charge in [-0.15, -0.1) is 0 Å². The molecule has 140 valence electrons. The zero-order valence-corrected chi connectivity index (χ0v) is 15.0. The molecule has 0 aliphatic carbocycles. The van der Waals surface area contributed by atoms with Crippen LogP contribution in [-0.2, 0) is 0 Å². The molecule has 0 saturated heterocycles. The number of hydrogen-bond acceptors (Lipinski definition) is 6. The van der Waals surface area contributed by atoms with Gasteiger partial charge in [0.25, 0.3) is 0 Å². The van der Waals surface area contributed by atoms with Crippen molar-refractivity contribution in [2.75, 3.05) is 14.2 Å². The molecule has 5 aromatic rings. The van der Waals surface area contributed by atoms with Crippen molar-refractivity contribution in [1.82, 2.24) is 4.40 Å². The first kappa shape index (κ1) is 16.3. The lowest BCUT2D eigenvalue weighted by molar-refractivity contribution is 0.373. The predicted octanol–water partition coefficient (Wildman–Crippen LogP) is 3.78. The summed E-state index contributed by atoms with van der Waals surface area (Å²) in [5, 5.41) is 23.0. The van der Waals surface area contributed by atoms with E-state index in [2.05, 4.69) is 0 Å². The number of methoxy groups -OCH3 is 2. The van der Waals surface area contributed by atoms with Crippen molar-refractivity contribution in [2.45, 2.75) is 0 Å². The molecule has 0 amide bonds. The summed E-state index contributed by atoms with van der Waals surface area (Å²) in [7, 11) is 2.94. The molecule has 0 saturated carbocycles. The summed E-state index contributed by atoms with van der Waals surface area (Å²) in [6, 6.07) is 10.1. The van der Waals surface area contributed by atoms with Gasteiger partial charge in [-0.3, -0.25) is 0 Å². The van der Waals surface area contributed by atoms with E-state index in [1.807, 2.05) is 12.1 Å². The first-order chi connectivity index (χ1) is 13.5. The lowest BCUT2D eigenvalue weighted by Gasteiger charge is -2.07. The monoisotopic (exact) mass is 377 g/mol. The Morgan fingerprint density at radius 3 is 2.29 bits per heavy atom. The van der Waals surface area contributed by atoms with Crippen LogP contribution in [0, 0.1) is 0 Å². The molecule has 7 heteroatoms. The van der Waals surface area contributed by atoms with Gasteiger partial charge < -0.3 is 28.5 Å². The molecular weight excluding hydrogens is 362 g/mol. The number of phenolic OH excluding ortho intramolecular Hbond substituents is 2. The third-order valence-electron chi connectivity index (χ3n) is 5.03. The summed E-state index contributed by atoms with van der Waals surface area (Å²) in [4.78, 5) is 12.7. The second kappa shape index (κ2) is 5.56. The van der Waals surface area contributed by atoms with Crippen LogP contribution in [-0.4, -0.2) is 28.8 Å². The average molecular weight is 377 g/mol.